The Hall–Kier alpha value is -0.530. The maximum absolute atomic E-state index is 6.02. The molecule has 1 aromatic rings. The lowest BCUT2D eigenvalue weighted by Gasteiger charge is -2.19. The van der Waals surface area contributed by atoms with Gasteiger partial charge in [0.15, 0.2) is 0 Å². The van der Waals surface area contributed by atoms with Gasteiger partial charge in [-0.15, -0.1) is 0 Å². The molecule has 14 heavy (non-hydrogen) atoms. The van der Waals surface area contributed by atoms with Gasteiger partial charge in [0.25, 0.3) is 0 Å². The standard InChI is InChI=1S/C12H18ClN/c1-4-9-5-10(7-11(13)6-9)8-12(2,3)14/h5-7H,4,8,14H2,1-3H3. The molecule has 0 aliphatic carbocycles. The molecule has 2 heteroatoms. The molecule has 0 aliphatic heterocycles. The van der Waals surface area contributed by atoms with Crippen LogP contribution in [0.15, 0.2) is 18.2 Å². The summed E-state index contributed by atoms with van der Waals surface area (Å²) in [7, 11) is 0. The van der Waals surface area contributed by atoms with E-state index >= 15 is 0 Å². The van der Waals surface area contributed by atoms with E-state index in [2.05, 4.69) is 13.0 Å². The van der Waals surface area contributed by atoms with E-state index in [1.165, 1.54) is 11.1 Å². The Balaban J connectivity index is 2.92. The highest BCUT2D eigenvalue weighted by Gasteiger charge is 2.12. The van der Waals surface area contributed by atoms with Crippen molar-refractivity contribution in [3.05, 3.63) is 34.3 Å². The molecule has 0 saturated heterocycles. The molecule has 2 N–H and O–H groups in total. The quantitative estimate of drug-likeness (QED) is 0.817. The minimum atomic E-state index is -0.171. The van der Waals surface area contributed by atoms with E-state index in [0.29, 0.717) is 0 Å². The van der Waals surface area contributed by atoms with E-state index in [0.717, 1.165) is 17.9 Å². The van der Waals surface area contributed by atoms with Crippen molar-refractivity contribution in [2.45, 2.75) is 39.2 Å². The minimum Gasteiger partial charge on any atom is -0.325 e. The average Bonchev–Trinajstić information content (AvgIpc) is 1.99. The Morgan fingerprint density at radius 3 is 2.29 bits per heavy atom. The van der Waals surface area contributed by atoms with Crippen molar-refractivity contribution in [1.29, 1.82) is 0 Å². The maximum atomic E-state index is 6.02. The molecule has 0 heterocycles. The molecule has 0 amide bonds. The van der Waals surface area contributed by atoms with Crippen molar-refractivity contribution in [2.75, 3.05) is 0 Å². The van der Waals surface area contributed by atoms with Gasteiger partial charge >= 0.3 is 0 Å². The Bertz CT molecular complexity index is 313. The number of hydrogen-bond acceptors (Lipinski definition) is 1. The summed E-state index contributed by atoms with van der Waals surface area (Å²) >= 11 is 6.02. The maximum Gasteiger partial charge on any atom is 0.0411 e. The summed E-state index contributed by atoms with van der Waals surface area (Å²) in [6.45, 7) is 6.18. The molecule has 1 rings (SSSR count). The number of halogens is 1. The van der Waals surface area contributed by atoms with E-state index in [1.54, 1.807) is 0 Å². The molecule has 0 atom stereocenters. The van der Waals surface area contributed by atoms with Crippen molar-refractivity contribution < 1.29 is 0 Å². The van der Waals surface area contributed by atoms with Crippen LogP contribution in [-0.4, -0.2) is 5.54 Å². The molecule has 78 valence electrons. The minimum absolute atomic E-state index is 0.171. The van der Waals surface area contributed by atoms with Crippen molar-refractivity contribution in [2.24, 2.45) is 5.73 Å². The molecule has 0 saturated carbocycles. The highest BCUT2D eigenvalue weighted by molar-refractivity contribution is 6.30. The van der Waals surface area contributed by atoms with E-state index in [-0.39, 0.29) is 5.54 Å². The highest BCUT2D eigenvalue weighted by atomic mass is 35.5. The zero-order valence-corrected chi connectivity index (χ0v) is 9.86. The van der Waals surface area contributed by atoms with Crippen LogP contribution in [0.4, 0.5) is 0 Å². The van der Waals surface area contributed by atoms with Gasteiger partial charge in [-0.3, -0.25) is 0 Å². The van der Waals surface area contributed by atoms with Gasteiger partial charge in [-0.2, -0.15) is 0 Å². The SMILES string of the molecule is CCc1cc(Cl)cc(CC(C)(C)N)c1. The summed E-state index contributed by atoms with van der Waals surface area (Å²) in [5.41, 5.74) is 8.29. The first kappa shape index (κ1) is 11.5. The summed E-state index contributed by atoms with van der Waals surface area (Å²) in [5, 5.41) is 0.809. The number of benzene rings is 1. The van der Waals surface area contributed by atoms with Crippen LogP contribution in [0.3, 0.4) is 0 Å². The monoisotopic (exact) mass is 211 g/mol. The predicted molar refractivity (Wildman–Crippen MR) is 62.8 cm³/mol. The summed E-state index contributed by atoms with van der Waals surface area (Å²) < 4.78 is 0. The fraction of sp³-hybridized carbons (Fsp3) is 0.500. The highest BCUT2D eigenvalue weighted by Crippen LogP contribution is 2.18. The lowest BCUT2D eigenvalue weighted by atomic mass is 9.95. The van der Waals surface area contributed by atoms with Gasteiger partial charge in [0.2, 0.25) is 0 Å². The van der Waals surface area contributed by atoms with Crippen LogP contribution in [0.5, 0.6) is 0 Å². The van der Waals surface area contributed by atoms with E-state index in [9.17, 15) is 0 Å². The number of nitrogens with two attached hydrogens (primary N) is 1. The Labute approximate surface area is 91.3 Å². The van der Waals surface area contributed by atoms with Gasteiger partial charge < -0.3 is 5.73 Å². The lowest BCUT2D eigenvalue weighted by molar-refractivity contribution is 0.516. The van der Waals surface area contributed by atoms with Crippen LogP contribution in [0.1, 0.15) is 31.9 Å². The molecule has 0 fully saturated rings. The van der Waals surface area contributed by atoms with Gasteiger partial charge in [-0.1, -0.05) is 24.6 Å². The number of hydrogen-bond donors (Lipinski definition) is 1. The molecular weight excluding hydrogens is 194 g/mol. The summed E-state index contributed by atoms with van der Waals surface area (Å²) in [6.07, 6.45) is 1.87. The topological polar surface area (TPSA) is 26.0 Å². The Kier molecular flexibility index (Phi) is 3.57. The van der Waals surface area contributed by atoms with Crippen LogP contribution in [0.2, 0.25) is 5.02 Å². The van der Waals surface area contributed by atoms with Crippen LogP contribution >= 0.6 is 11.6 Å². The van der Waals surface area contributed by atoms with Crippen molar-refractivity contribution >= 4 is 11.6 Å². The molecule has 0 radical (unpaired) electrons. The van der Waals surface area contributed by atoms with Crippen LogP contribution < -0.4 is 5.73 Å². The van der Waals surface area contributed by atoms with Crippen molar-refractivity contribution in [3.8, 4) is 0 Å². The van der Waals surface area contributed by atoms with Crippen LogP contribution in [0, 0.1) is 0 Å². The fourth-order valence-corrected chi connectivity index (χ4v) is 1.83. The molecule has 0 aromatic heterocycles. The third-order valence-corrected chi connectivity index (χ3v) is 2.30. The molecule has 0 unspecified atom stereocenters. The average molecular weight is 212 g/mol. The van der Waals surface area contributed by atoms with Crippen molar-refractivity contribution in [1.82, 2.24) is 0 Å². The molecule has 0 spiro atoms. The summed E-state index contributed by atoms with van der Waals surface area (Å²) in [5.74, 6) is 0. The number of aryl methyl sites for hydroxylation is 1. The Morgan fingerprint density at radius 1 is 1.21 bits per heavy atom. The number of rotatable bonds is 3. The second-order valence-electron chi connectivity index (χ2n) is 4.49. The summed E-state index contributed by atoms with van der Waals surface area (Å²) in [6, 6.07) is 6.18. The molecule has 0 bridgehead atoms. The summed E-state index contributed by atoms with van der Waals surface area (Å²) in [4.78, 5) is 0. The molecular formula is C12H18ClN. The van der Waals surface area contributed by atoms with Crippen LogP contribution in [-0.2, 0) is 12.8 Å². The van der Waals surface area contributed by atoms with Crippen molar-refractivity contribution in [3.63, 3.8) is 0 Å². The first-order valence-corrected chi connectivity index (χ1v) is 5.36. The molecule has 1 nitrogen and oxygen atoms in total. The first-order valence-electron chi connectivity index (χ1n) is 4.98. The van der Waals surface area contributed by atoms with E-state index < -0.39 is 0 Å². The smallest absolute Gasteiger partial charge is 0.0411 e. The molecule has 0 aliphatic rings. The second kappa shape index (κ2) is 4.33. The second-order valence-corrected chi connectivity index (χ2v) is 4.92. The van der Waals surface area contributed by atoms with Crippen LogP contribution in [0.25, 0.3) is 0 Å². The van der Waals surface area contributed by atoms with Gasteiger partial charge in [0.1, 0.15) is 0 Å². The largest absolute Gasteiger partial charge is 0.325 e. The predicted octanol–water partition coefficient (Wildman–Crippen LogP) is 3.18. The fourth-order valence-electron chi connectivity index (χ4n) is 1.55. The Morgan fingerprint density at radius 2 is 1.79 bits per heavy atom. The first-order chi connectivity index (χ1) is 6.40. The zero-order chi connectivity index (χ0) is 10.8. The third kappa shape index (κ3) is 3.69. The van der Waals surface area contributed by atoms with E-state index in [4.69, 9.17) is 17.3 Å². The van der Waals surface area contributed by atoms with E-state index in [1.807, 2.05) is 26.0 Å². The zero-order valence-electron chi connectivity index (χ0n) is 9.10. The lowest BCUT2D eigenvalue weighted by Crippen LogP contribution is -2.34. The normalized spacial score (nSPS) is 11.8. The van der Waals surface area contributed by atoms with Gasteiger partial charge in [0, 0.05) is 10.6 Å². The van der Waals surface area contributed by atoms with Gasteiger partial charge in [0.05, 0.1) is 0 Å². The third-order valence-electron chi connectivity index (χ3n) is 2.09. The van der Waals surface area contributed by atoms with Gasteiger partial charge in [-0.05, 0) is 49.9 Å². The van der Waals surface area contributed by atoms with Gasteiger partial charge in [-0.25, -0.2) is 0 Å². The molecule has 1 aromatic carbocycles.